The first kappa shape index (κ1) is 19.0. The number of nitrogens with one attached hydrogen (secondary N) is 1. The molecule has 1 fully saturated rings. The van der Waals surface area contributed by atoms with Crippen LogP contribution in [0.2, 0.25) is 0 Å². The molecule has 1 saturated carbocycles. The molecule has 0 heterocycles. The van der Waals surface area contributed by atoms with Crippen LogP contribution in [0, 0.1) is 29.6 Å². The Hall–Kier alpha value is -0.0400. The maximum atomic E-state index is 3.77. The molecule has 0 aromatic carbocycles. The molecule has 0 aromatic rings. The molecular weight excluding hydrogens is 254 g/mol. The van der Waals surface area contributed by atoms with Crippen molar-refractivity contribution >= 4 is 0 Å². The molecule has 1 heteroatoms. The summed E-state index contributed by atoms with van der Waals surface area (Å²) in [5.41, 5.74) is 0.258. The lowest BCUT2D eigenvalue weighted by atomic mass is 9.67. The highest BCUT2D eigenvalue weighted by molar-refractivity contribution is 4.85. The average molecular weight is 296 g/mol. The number of hydrogen-bond donors (Lipinski definition) is 1. The van der Waals surface area contributed by atoms with Crippen molar-refractivity contribution in [3.63, 3.8) is 0 Å². The predicted octanol–water partition coefficient (Wildman–Crippen LogP) is 5.89. The highest BCUT2D eigenvalue weighted by atomic mass is 14.9. The van der Waals surface area contributed by atoms with Gasteiger partial charge >= 0.3 is 0 Å². The smallest absolute Gasteiger partial charge is 0.00966 e. The second-order valence-electron chi connectivity index (χ2n) is 8.89. The minimum absolute atomic E-state index is 0.258. The third-order valence-corrected chi connectivity index (χ3v) is 5.81. The molecule has 21 heavy (non-hydrogen) atoms. The summed E-state index contributed by atoms with van der Waals surface area (Å²) in [6, 6.07) is 0. The standard InChI is InChI=1S/C20H41N/c1-8-16(9-2)12-19-13-17(15(3)4)10-11-18(19)14-21-20(5,6)7/h15-19,21H,8-14H2,1-7H3. The lowest BCUT2D eigenvalue weighted by Gasteiger charge is -2.40. The van der Waals surface area contributed by atoms with E-state index in [4.69, 9.17) is 0 Å². The molecule has 126 valence electrons. The number of rotatable bonds is 7. The lowest BCUT2D eigenvalue weighted by Crippen LogP contribution is -2.42. The Bertz CT molecular complexity index is 270. The second kappa shape index (κ2) is 8.56. The van der Waals surface area contributed by atoms with Crippen LogP contribution in [0.1, 0.15) is 87.0 Å². The van der Waals surface area contributed by atoms with Crippen LogP contribution in [-0.2, 0) is 0 Å². The summed E-state index contributed by atoms with van der Waals surface area (Å²) in [5.74, 6) is 4.63. The molecule has 1 N–H and O–H groups in total. The fourth-order valence-corrected chi connectivity index (χ4v) is 4.01. The van der Waals surface area contributed by atoms with Crippen LogP contribution in [0.4, 0.5) is 0 Å². The highest BCUT2D eigenvalue weighted by Crippen LogP contribution is 2.41. The average Bonchev–Trinajstić information content (AvgIpc) is 2.41. The normalized spacial score (nSPS) is 27.6. The lowest BCUT2D eigenvalue weighted by molar-refractivity contribution is 0.116. The van der Waals surface area contributed by atoms with Gasteiger partial charge in [-0.05, 0) is 82.6 Å². The van der Waals surface area contributed by atoms with Gasteiger partial charge in [-0.15, -0.1) is 0 Å². The third-order valence-electron chi connectivity index (χ3n) is 5.81. The van der Waals surface area contributed by atoms with E-state index in [0.717, 1.165) is 29.6 Å². The predicted molar refractivity (Wildman–Crippen MR) is 95.6 cm³/mol. The SMILES string of the molecule is CCC(CC)CC1CC(C(C)C)CCC1CNC(C)(C)C. The molecule has 0 saturated heterocycles. The first-order chi connectivity index (χ1) is 9.76. The number of hydrogen-bond acceptors (Lipinski definition) is 1. The molecule has 0 bridgehead atoms. The largest absolute Gasteiger partial charge is 0.312 e. The van der Waals surface area contributed by atoms with Crippen molar-refractivity contribution in [2.75, 3.05) is 6.54 Å². The summed E-state index contributed by atoms with van der Waals surface area (Å²) in [4.78, 5) is 0. The van der Waals surface area contributed by atoms with Gasteiger partial charge in [0.15, 0.2) is 0 Å². The topological polar surface area (TPSA) is 12.0 Å². The molecule has 0 aliphatic heterocycles. The van der Waals surface area contributed by atoms with Gasteiger partial charge in [-0.2, -0.15) is 0 Å². The van der Waals surface area contributed by atoms with Crippen molar-refractivity contribution in [1.82, 2.24) is 5.32 Å². The van der Waals surface area contributed by atoms with Crippen molar-refractivity contribution in [1.29, 1.82) is 0 Å². The van der Waals surface area contributed by atoms with Crippen LogP contribution < -0.4 is 5.32 Å². The van der Waals surface area contributed by atoms with Crippen LogP contribution >= 0.6 is 0 Å². The van der Waals surface area contributed by atoms with E-state index in [0.29, 0.717) is 0 Å². The van der Waals surface area contributed by atoms with Crippen LogP contribution in [0.15, 0.2) is 0 Å². The summed E-state index contributed by atoms with van der Waals surface area (Å²) in [6.45, 7) is 17.7. The Morgan fingerprint density at radius 3 is 2.10 bits per heavy atom. The molecule has 0 radical (unpaired) electrons. The molecular formula is C20H41N. The first-order valence-corrected chi connectivity index (χ1v) is 9.51. The third kappa shape index (κ3) is 6.72. The van der Waals surface area contributed by atoms with E-state index in [-0.39, 0.29) is 5.54 Å². The molecule has 3 atom stereocenters. The van der Waals surface area contributed by atoms with Crippen molar-refractivity contribution < 1.29 is 0 Å². The minimum Gasteiger partial charge on any atom is -0.312 e. The van der Waals surface area contributed by atoms with E-state index in [1.165, 1.54) is 45.1 Å². The highest BCUT2D eigenvalue weighted by Gasteiger charge is 2.33. The molecule has 1 aliphatic carbocycles. The Labute approximate surface area is 134 Å². The van der Waals surface area contributed by atoms with Gasteiger partial charge in [0.05, 0.1) is 0 Å². The van der Waals surface area contributed by atoms with E-state index >= 15 is 0 Å². The van der Waals surface area contributed by atoms with Crippen molar-refractivity contribution in [3.05, 3.63) is 0 Å². The van der Waals surface area contributed by atoms with Gasteiger partial charge in [0.2, 0.25) is 0 Å². The zero-order valence-corrected chi connectivity index (χ0v) is 15.8. The van der Waals surface area contributed by atoms with Gasteiger partial charge in [0, 0.05) is 5.54 Å². The van der Waals surface area contributed by atoms with E-state index in [1.54, 1.807) is 0 Å². The fourth-order valence-electron chi connectivity index (χ4n) is 4.01. The Kier molecular flexibility index (Phi) is 7.74. The Morgan fingerprint density at radius 1 is 1.00 bits per heavy atom. The first-order valence-electron chi connectivity index (χ1n) is 9.51. The van der Waals surface area contributed by atoms with Gasteiger partial charge in [0.25, 0.3) is 0 Å². The van der Waals surface area contributed by atoms with E-state index in [2.05, 4.69) is 53.8 Å². The molecule has 1 aliphatic rings. The van der Waals surface area contributed by atoms with E-state index in [9.17, 15) is 0 Å². The monoisotopic (exact) mass is 295 g/mol. The van der Waals surface area contributed by atoms with Crippen LogP contribution in [-0.4, -0.2) is 12.1 Å². The van der Waals surface area contributed by atoms with E-state index in [1.807, 2.05) is 0 Å². The summed E-state index contributed by atoms with van der Waals surface area (Å²) in [7, 11) is 0. The van der Waals surface area contributed by atoms with Crippen LogP contribution in [0.25, 0.3) is 0 Å². The van der Waals surface area contributed by atoms with Gasteiger partial charge in [0.1, 0.15) is 0 Å². The van der Waals surface area contributed by atoms with Gasteiger partial charge in [-0.25, -0.2) is 0 Å². The van der Waals surface area contributed by atoms with Gasteiger partial charge in [-0.1, -0.05) is 40.5 Å². The molecule has 0 aromatic heterocycles. The summed E-state index contributed by atoms with van der Waals surface area (Å²) in [5, 5.41) is 3.77. The quantitative estimate of drug-likeness (QED) is 0.617. The van der Waals surface area contributed by atoms with Crippen LogP contribution in [0.3, 0.4) is 0 Å². The zero-order valence-electron chi connectivity index (χ0n) is 15.8. The fraction of sp³-hybridized carbons (Fsp3) is 1.00. The molecule has 0 spiro atoms. The van der Waals surface area contributed by atoms with Crippen molar-refractivity contribution in [3.8, 4) is 0 Å². The maximum Gasteiger partial charge on any atom is 0.00966 e. The molecule has 1 rings (SSSR count). The van der Waals surface area contributed by atoms with Gasteiger partial charge < -0.3 is 5.32 Å². The van der Waals surface area contributed by atoms with Crippen molar-refractivity contribution in [2.24, 2.45) is 29.6 Å². The van der Waals surface area contributed by atoms with E-state index < -0.39 is 0 Å². The van der Waals surface area contributed by atoms with Gasteiger partial charge in [-0.3, -0.25) is 0 Å². The second-order valence-corrected chi connectivity index (χ2v) is 8.89. The molecule has 0 amide bonds. The summed E-state index contributed by atoms with van der Waals surface area (Å²) >= 11 is 0. The van der Waals surface area contributed by atoms with Crippen LogP contribution in [0.5, 0.6) is 0 Å². The minimum atomic E-state index is 0.258. The molecule has 3 unspecified atom stereocenters. The molecule has 1 nitrogen and oxygen atoms in total. The zero-order chi connectivity index (χ0) is 16.0. The summed E-state index contributed by atoms with van der Waals surface area (Å²) < 4.78 is 0. The van der Waals surface area contributed by atoms with Crippen molar-refractivity contribution in [2.45, 2.75) is 92.5 Å². The maximum absolute atomic E-state index is 3.77. The Morgan fingerprint density at radius 2 is 1.62 bits per heavy atom. The Balaban J connectivity index is 2.65. The summed E-state index contributed by atoms with van der Waals surface area (Å²) in [6.07, 6.45) is 8.55.